The van der Waals surface area contributed by atoms with Crippen LogP contribution < -0.4 is 4.90 Å². The number of halogens is 1. The first-order valence-electron chi connectivity index (χ1n) is 10.5. The summed E-state index contributed by atoms with van der Waals surface area (Å²) in [7, 11) is -3.55. The maximum absolute atomic E-state index is 13.2. The molecule has 1 saturated heterocycles. The van der Waals surface area contributed by atoms with E-state index in [9.17, 15) is 8.42 Å². The van der Waals surface area contributed by atoms with Crippen LogP contribution in [0.15, 0.2) is 58.0 Å². The zero-order valence-corrected chi connectivity index (χ0v) is 18.9. The van der Waals surface area contributed by atoms with Gasteiger partial charge in [-0.25, -0.2) is 13.4 Å². The Morgan fingerprint density at radius 1 is 1.03 bits per heavy atom. The molecule has 162 valence electrons. The molecule has 1 aliphatic heterocycles. The van der Waals surface area contributed by atoms with Gasteiger partial charge in [0.15, 0.2) is 11.7 Å². The number of oxazole rings is 1. The minimum atomic E-state index is -3.55. The minimum absolute atomic E-state index is 0.297. The van der Waals surface area contributed by atoms with Gasteiger partial charge in [-0.15, -0.1) is 0 Å². The number of hydrogen-bond donors (Lipinski definition) is 0. The lowest BCUT2D eigenvalue weighted by molar-refractivity contribution is 0.385. The molecule has 0 bridgehead atoms. The van der Waals surface area contributed by atoms with Gasteiger partial charge >= 0.3 is 0 Å². The Morgan fingerprint density at radius 3 is 2.42 bits per heavy atom. The minimum Gasteiger partial charge on any atom is -0.440 e. The van der Waals surface area contributed by atoms with E-state index in [4.69, 9.17) is 16.0 Å². The maximum atomic E-state index is 13.2. The number of nitrogens with zero attached hydrogens (tertiary/aromatic N) is 3. The lowest BCUT2D eigenvalue weighted by atomic mass is 10.1. The SMILES string of the molecule is Cc1ccc(Cl)cc1N1CCN(S(=O)(=O)c2ccc(-c3cnc(C4CC4)o3)cc2)CC1. The third-order valence-corrected chi connectivity index (χ3v) is 8.13. The fourth-order valence-corrected chi connectivity index (χ4v) is 5.56. The number of hydrogen-bond acceptors (Lipinski definition) is 5. The van der Waals surface area contributed by atoms with Gasteiger partial charge in [0.05, 0.1) is 11.1 Å². The normalized spacial score (nSPS) is 17.8. The second-order valence-electron chi connectivity index (χ2n) is 8.18. The Balaban J connectivity index is 1.28. The predicted octanol–water partition coefficient (Wildman–Crippen LogP) is 4.69. The van der Waals surface area contributed by atoms with Crippen LogP contribution in [0, 0.1) is 6.92 Å². The molecule has 6 nitrogen and oxygen atoms in total. The third-order valence-electron chi connectivity index (χ3n) is 5.98. The lowest BCUT2D eigenvalue weighted by Crippen LogP contribution is -2.48. The van der Waals surface area contributed by atoms with Crippen molar-refractivity contribution in [1.29, 1.82) is 0 Å². The number of benzene rings is 2. The number of rotatable bonds is 5. The van der Waals surface area contributed by atoms with Crippen LogP contribution in [0.2, 0.25) is 5.02 Å². The third kappa shape index (κ3) is 4.10. The summed E-state index contributed by atoms with van der Waals surface area (Å²) in [6, 6.07) is 12.7. The van der Waals surface area contributed by atoms with Crippen LogP contribution in [0.25, 0.3) is 11.3 Å². The number of aryl methyl sites for hydroxylation is 1. The van der Waals surface area contributed by atoms with Gasteiger partial charge in [-0.3, -0.25) is 0 Å². The van der Waals surface area contributed by atoms with Gasteiger partial charge in [0, 0.05) is 48.4 Å². The molecule has 0 spiro atoms. The molecule has 2 aliphatic rings. The fraction of sp³-hybridized carbons (Fsp3) is 0.348. The van der Waals surface area contributed by atoms with Crippen molar-refractivity contribution in [3.05, 3.63) is 65.1 Å². The number of anilines is 1. The van der Waals surface area contributed by atoms with Crippen LogP contribution in [0.4, 0.5) is 5.69 Å². The van der Waals surface area contributed by atoms with Crippen molar-refractivity contribution in [2.24, 2.45) is 0 Å². The zero-order chi connectivity index (χ0) is 21.6. The highest BCUT2D eigenvalue weighted by molar-refractivity contribution is 7.89. The molecule has 0 amide bonds. The Bertz CT molecular complexity index is 1200. The molecule has 1 aromatic heterocycles. The van der Waals surface area contributed by atoms with E-state index in [1.807, 2.05) is 25.1 Å². The van der Waals surface area contributed by atoms with Crippen molar-refractivity contribution in [1.82, 2.24) is 9.29 Å². The average Bonchev–Trinajstić information content (AvgIpc) is 3.52. The topological polar surface area (TPSA) is 66.7 Å². The summed E-state index contributed by atoms with van der Waals surface area (Å²) in [6.07, 6.45) is 3.97. The highest BCUT2D eigenvalue weighted by Crippen LogP contribution is 2.40. The number of piperazine rings is 1. The quantitative estimate of drug-likeness (QED) is 0.556. The summed E-state index contributed by atoms with van der Waals surface area (Å²) < 4.78 is 33.7. The van der Waals surface area contributed by atoms with E-state index < -0.39 is 10.0 Å². The van der Waals surface area contributed by atoms with E-state index in [1.54, 1.807) is 34.8 Å². The van der Waals surface area contributed by atoms with Gasteiger partial charge in [0.1, 0.15) is 0 Å². The summed E-state index contributed by atoms with van der Waals surface area (Å²) in [5.41, 5.74) is 3.03. The first-order valence-corrected chi connectivity index (χ1v) is 12.3. The van der Waals surface area contributed by atoms with Gasteiger partial charge in [0.2, 0.25) is 10.0 Å². The maximum Gasteiger partial charge on any atom is 0.243 e. The van der Waals surface area contributed by atoms with Gasteiger partial charge in [-0.2, -0.15) is 4.31 Å². The highest BCUT2D eigenvalue weighted by Gasteiger charge is 2.30. The van der Waals surface area contributed by atoms with Crippen LogP contribution in [-0.4, -0.2) is 43.9 Å². The second kappa shape index (κ2) is 7.97. The Labute approximate surface area is 187 Å². The second-order valence-corrected chi connectivity index (χ2v) is 10.6. The molecular formula is C23H24ClN3O3S. The molecule has 1 aliphatic carbocycles. The molecule has 2 heterocycles. The summed E-state index contributed by atoms with van der Waals surface area (Å²) in [4.78, 5) is 6.83. The van der Waals surface area contributed by atoms with Crippen molar-refractivity contribution in [3.8, 4) is 11.3 Å². The van der Waals surface area contributed by atoms with Crippen LogP contribution in [-0.2, 0) is 10.0 Å². The van der Waals surface area contributed by atoms with Crippen molar-refractivity contribution in [2.45, 2.75) is 30.6 Å². The molecule has 1 saturated carbocycles. The van der Waals surface area contributed by atoms with Crippen LogP contribution in [0.5, 0.6) is 0 Å². The highest BCUT2D eigenvalue weighted by atomic mass is 35.5. The average molecular weight is 458 g/mol. The Hall–Kier alpha value is -2.35. The molecule has 3 aromatic rings. The smallest absolute Gasteiger partial charge is 0.243 e. The van der Waals surface area contributed by atoms with E-state index in [-0.39, 0.29) is 0 Å². The van der Waals surface area contributed by atoms with Crippen molar-refractivity contribution < 1.29 is 12.8 Å². The van der Waals surface area contributed by atoms with Crippen molar-refractivity contribution in [2.75, 3.05) is 31.1 Å². The van der Waals surface area contributed by atoms with Crippen LogP contribution in [0.1, 0.15) is 30.2 Å². The van der Waals surface area contributed by atoms with E-state index in [0.29, 0.717) is 47.8 Å². The zero-order valence-electron chi connectivity index (χ0n) is 17.3. The summed E-state index contributed by atoms with van der Waals surface area (Å²) >= 11 is 6.15. The van der Waals surface area contributed by atoms with Crippen molar-refractivity contribution >= 4 is 27.3 Å². The summed E-state index contributed by atoms with van der Waals surface area (Å²) in [6.45, 7) is 4.16. The number of aromatic nitrogens is 1. The van der Waals surface area contributed by atoms with Crippen LogP contribution >= 0.6 is 11.6 Å². The largest absolute Gasteiger partial charge is 0.440 e. The Morgan fingerprint density at radius 2 is 1.74 bits per heavy atom. The predicted molar refractivity (Wildman–Crippen MR) is 121 cm³/mol. The molecule has 5 rings (SSSR count). The molecule has 0 atom stereocenters. The summed E-state index contributed by atoms with van der Waals surface area (Å²) in [5.74, 6) is 1.90. The van der Waals surface area contributed by atoms with E-state index in [1.165, 1.54) is 0 Å². The molecule has 0 N–H and O–H groups in total. The molecule has 2 fully saturated rings. The fourth-order valence-electron chi connectivity index (χ4n) is 3.97. The standard InChI is InChI=1S/C23H24ClN3O3S/c1-16-2-7-19(24)14-21(16)26-10-12-27(13-11-26)31(28,29)20-8-5-17(6-9-20)22-15-25-23(30-22)18-3-4-18/h2,5-9,14-15,18H,3-4,10-13H2,1H3. The monoisotopic (exact) mass is 457 g/mol. The van der Waals surface area contributed by atoms with Gasteiger partial charge in [0.25, 0.3) is 0 Å². The van der Waals surface area contributed by atoms with Crippen LogP contribution in [0.3, 0.4) is 0 Å². The van der Waals surface area contributed by atoms with E-state index in [2.05, 4.69) is 9.88 Å². The van der Waals surface area contributed by atoms with E-state index in [0.717, 1.165) is 35.5 Å². The lowest BCUT2D eigenvalue weighted by Gasteiger charge is -2.36. The molecule has 8 heteroatoms. The Kier molecular flexibility index (Phi) is 5.28. The number of sulfonamides is 1. The molecule has 0 radical (unpaired) electrons. The molecule has 31 heavy (non-hydrogen) atoms. The molecule has 0 unspecified atom stereocenters. The first kappa shape index (κ1) is 20.5. The van der Waals surface area contributed by atoms with Gasteiger partial charge in [-0.1, -0.05) is 17.7 Å². The van der Waals surface area contributed by atoms with Gasteiger partial charge in [-0.05, 0) is 61.7 Å². The van der Waals surface area contributed by atoms with E-state index >= 15 is 0 Å². The van der Waals surface area contributed by atoms with Crippen molar-refractivity contribution in [3.63, 3.8) is 0 Å². The molecule has 2 aromatic carbocycles. The van der Waals surface area contributed by atoms with Gasteiger partial charge < -0.3 is 9.32 Å². The first-order chi connectivity index (χ1) is 14.9. The molecular weight excluding hydrogens is 434 g/mol. The summed E-state index contributed by atoms with van der Waals surface area (Å²) in [5, 5.41) is 0.687.